The topological polar surface area (TPSA) is 178 Å². The summed E-state index contributed by atoms with van der Waals surface area (Å²) in [5.41, 5.74) is 2.34. The number of hydrogen-bond donors (Lipinski definition) is 1. The van der Waals surface area contributed by atoms with E-state index in [9.17, 15) is 37.3 Å². The number of aromatic nitrogens is 4. The molecule has 2 aliphatic rings. The fourth-order valence-electron chi connectivity index (χ4n) is 7.26. The molecular formula is C38H33F2N9O4S2. The number of likely N-dealkylation sites (tertiary alicyclic amines) is 1. The zero-order valence-corrected chi connectivity index (χ0v) is 31.6. The number of nitrogens with one attached hydrogen (secondary N) is 1. The number of halogens is 2. The van der Waals surface area contributed by atoms with Crippen molar-refractivity contribution in [2.45, 2.75) is 57.2 Å². The molecule has 1 aromatic carbocycles. The van der Waals surface area contributed by atoms with Crippen molar-refractivity contribution < 1.29 is 22.0 Å². The Hall–Kier alpha value is -5.80. The summed E-state index contributed by atoms with van der Waals surface area (Å²) in [4.78, 5) is 44.2. The molecule has 7 rings (SSSR count). The van der Waals surface area contributed by atoms with Crippen LogP contribution in [0.4, 0.5) is 14.6 Å². The Morgan fingerprint density at radius 3 is 2.55 bits per heavy atom. The minimum atomic E-state index is -3.81. The number of anilines is 1. The Morgan fingerprint density at radius 2 is 1.87 bits per heavy atom. The van der Waals surface area contributed by atoms with Crippen LogP contribution in [-0.4, -0.2) is 83.1 Å². The Balaban J connectivity index is 1.19. The molecule has 0 atom stereocenters. The smallest absolute Gasteiger partial charge is 0.267 e. The third kappa shape index (κ3) is 7.36. The lowest BCUT2D eigenvalue weighted by Gasteiger charge is -2.46. The van der Waals surface area contributed by atoms with E-state index >= 15 is 0 Å². The highest BCUT2D eigenvalue weighted by Gasteiger charge is 2.48. The van der Waals surface area contributed by atoms with Crippen molar-refractivity contribution in [3.8, 4) is 35.1 Å². The first-order valence-corrected chi connectivity index (χ1v) is 20.0. The number of carbonyl (C=O) groups excluding carboxylic acids is 1. The van der Waals surface area contributed by atoms with Gasteiger partial charge in [-0.1, -0.05) is 11.8 Å². The molecule has 0 spiro atoms. The van der Waals surface area contributed by atoms with Gasteiger partial charge in [-0.05, 0) is 44.0 Å². The number of benzene rings is 1. The maximum absolute atomic E-state index is 14.1. The van der Waals surface area contributed by atoms with Crippen molar-refractivity contribution in [3.05, 3.63) is 80.5 Å². The summed E-state index contributed by atoms with van der Waals surface area (Å²) in [5, 5.41) is 21.7. The average molecular weight is 782 g/mol. The van der Waals surface area contributed by atoms with E-state index < -0.39 is 27.4 Å². The molecule has 1 aliphatic heterocycles. The number of aryl methyl sites for hydroxylation is 1. The molecule has 1 saturated heterocycles. The Labute approximate surface area is 318 Å². The first-order valence-electron chi connectivity index (χ1n) is 17.2. The van der Waals surface area contributed by atoms with Crippen molar-refractivity contribution in [1.29, 1.82) is 10.5 Å². The summed E-state index contributed by atoms with van der Waals surface area (Å²) < 4.78 is 54.3. The zero-order chi connectivity index (χ0) is 39.2. The number of pyridine rings is 2. The number of nitrogens with zero attached hydrogens (tertiary/aromatic N) is 8. The van der Waals surface area contributed by atoms with Gasteiger partial charge in [-0.15, -0.1) is 11.3 Å². The van der Waals surface area contributed by atoms with Gasteiger partial charge in [-0.3, -0.25) is 24.0 Å². The fraction of sp³-hybridized carbons (Fsp3) is 0.342. The Bertz CT molecular complexity index is 2710. The number of thiophene rings is 1. The maximum Gasteiger partial charge on any atom is 0.267 e. The minimum absolute atomic E-state index is 0.00552. The van der Waals surface area contributed by atoms with Crippen LogP contribution in [-0.2, 0) is 16.6 Å². The molecule has 1 aliphatic carbocycles. The molecule has 1 amide bonds. The number of amides is 1. The second kappa shape index (κ2) is 14.5. The zero-order valence-electron chi connectivity index (χ0n) is 29.9. The van der Waals surface area contributed by atoms with E-state index in [1.165, 1.54) is 33.7 Å². The van der Waals surface area contributed by atoms with Crippen LogP contribution < -0.4 is 15.2 Å². The third-order valence-electron chi connectivity index (χ3n) is 10.1. The summed E-state index contributed by atoms with van der Waals surface area (Å²) in [7, 11) is -1.99. The number of sulfonamides is 1. The van der Waals surface area contributed by atoms with Crippen molar-refractivity contribution in [1.82, 2.24) is 29.1 Å². The lowest BCUT2D eigenvalue weighted by Crippen LogP contribution is -2.55. The van der Waals surface area contributed by atoms with Crippen molar-refractivity contribution in [3.63, 3.8) is 0 Å². The summed E-state index contributed by atoms with van der Waals surface area (Å²) in [6.07, 6.45) is 5.02. The monoisotopic (exact) mass is 781 g/mol. The van der Waals surface area contributed by atoms with E-state index in [0.717, 1.165) is 6.26 Å². The molecule has 17 heteroatoms. The van der Waals surface area contributed by atoms with Crippen LogP contribution in [0.15, 0.2) is 46.8 Å². The van der Waals surface area contributed by atoms with Crippen LogP contribution >= 0.6 is 11.3 Å². The van der Waals surface area contributed by atoms with E-state index in [1.807, 2.05) is 16.7 Å². The predicted octanol–water partition coefficient (Wildman–Crippen LogP) is 4.56. The normalized spacial score (nSPS) is 16.1. The average Bonchev–Trinajstić information content (AvgIpc) is 3.59. The van der Waals surface area contributed by atoms with E-state index in [1.54, 1.807) is 31.2 Å². The molecule has 1 N–H and O–H groups in total. The van der Waals surface area contributed by atoms with Gasteiger partial charge in [0.25, 0.3) is 17.4 Å². The van der Waals surface area contributed by atoms with Gasteiger partial charge in [0, 0.05) is 73.3 Å². The van der Waals surface area contributed by atoms with E-state index in [4.69, 9.17) is 0 Å². The number of carbonyl (C=O) groups is 1. The van der Waals surface area contributed by atoms with Gasteiger partial charge in [0.15, 0.2) is 0 Å². The van der Waals surface area contributed by atoms with Crippen LogP contribution in [0, 0.1) is 41.4 Å². The van der Waals surface area contributed by atoms with Crippen LogP contribution in [0.1, 0.15) is 58.6 Å². The largest absolute Gasteiger partial charge is 0.355 e. The van der Waals surface area contributed by atoms with Crippen LogP contribution in [0.3, 0.4) is 0 Å². The molecule has 5 heterocycles. The third-order valence-corrected chi connectivity index (χ3v) is 11.7. The number of alkyl halides is 2. The Morgan fingerprint density at radius 1 is 1.13 bits per heavy atom. The number of hydrogen-bond acceptors (Lipinski definition) is 12. The van der Waals surface area contributed by atoms with Gasteiger partial charge in [0.2, 0.25) is 10.0 Å². The maximum atomic E-state index is 14.1. The summed E-state index contributed by atoms with van der Waals surface area (Å²) in [6.45, 7) is 2.89. The molecule has 0 radical (unpaired) electrons. The minimum Gasteiger partial charge on any atom is -0.355 e. The first-order chi connectivity index (χ1) is 26.2. The van der Waals surface area contributed by atoms with Crippen molar-refractivity contribution in [2.24, 2.45) is 0 Å². The van der Waals surface area contributed by atoms with Gasteiger partial charge in [-0.25, -0.2) is 31.9 Å². The quantitative estimate of drug-likeness (QED) is 0.229. The predicted molar refractivity (Wildman–Crippen MR) is 203 cm³/mol. The summed E-state index contributed by atoms with van der Waals surface area (Å²) >= 11 is 1.19. The number of fused-ring (bicyclic) bond motifs is 2. The van der Waals surface area contributed by atoms with Gasteiger partial charge >= 0.3 is 0 Å². The molecule has 0 bridgehead atoms. The molecule has 5 aromatic rings. The van der Waals surface area contributed by atoms with Crippen molar-refractivity contribution >= 4 is 54.2 Å². The molecular weight excluding hydrogens is 749 g/mol. The molecule has 0 unspecified atom stereocenters. The van der Waals surface area contributed by atoms with E-state index in [0.29, 0.717) is 64.5 Å². The summed E-state index contributed by atoms with van der Waals surface area (Å²) in [6, 6.07) is 10.9. The highest BCUT2D eigenvalue weighted by molar-refractivity contribution is 7.89. The highest BCUT2D eigenvalue weighted by Crippen LogP contribution is 2.42. The van der Waals surface area contributed by atoms with Gasteiger partial charge < -0.3 is 4.90 Å². The van der Waals surface area contributed by atoms with E-state index in [2.05, 4.69) is 43.8 Å². The van der Waals surface area contributed by atoms with Gasteiger partial charge in [0.05, 0.1) is 57.3 Å². The second-order valence-electron chi connectivity index (χ2n) is 13.7. The van der Waals surface area contributed by atoms with Gasteiger partial charge in [0.1, 0.15) is 23.3 Å². The number of nitriles is 2. The Kier molecular flexibility index (Phi) is 9.86. The van der Waals surface area contributed by atoms with Crippen LogP contribution in [0.5, 0.6) is 0 Å². The molecule has 280 valence electrons. The molecule has 55 heavy (non-hydrogen) atoms. The SMILES string of the molecule is Cc1nc2cnc(N(C)C3CCN(C4CC(F)(F)C4)CC3)c(C#N)c2c(=O)n1CC#Cc1ccc(C#N)cc1-c1ccnc2c(C(=O)NS(C)(=O)=O)csc12. The molecule has 13 nitrogen and oxygen atoms in total. The lowest BCUT2D eigenvalue weighted by molar-refractivity contribution is -0.127. The second-order valence-corrected chi connectivity index (χ2v) is 16.4. The molecule has 2 fully saturated rings. The lowest BCUT2D eigenvalue weighted by atomic mass is 9.85. The summed E-state index contributed by atoms with van der Waals surface area (Å²) in [5.74, 6) is 3.48. The van der Waals surface area contributed by atoms with Crippen LogP contribution in [0.25, 0.3) is 32.2 Å². The number of rotatable bonds is 7. The number of piperidine rings is 1. The standard InChI is InChI=1S/C38H33F2N9O4S2/c1-22-45-31-20-44-35(47(2)25-9-13-48(14-10-25)26-16-38(39,40)17-26)29(19-42)32(31)37(51)49(22)12-4-5-24-7-6-23(18-41)15-28(24)27-8-11-43-33-30(21-54-34(27)33)36(50)46-55(3,52)53/h6-8,11,15,20-21,25-26H,9-10,12-14,16-17H2,1-3H3,(H,46,50). The molecule has 1 saturated carbocycles. The molecule has 4 aromatic heterocycles. The van der Waals surface area contributed by atoms with E-state index in [-0.39, 0.29) is 59.0 Å². The first kappa shape index (κ1) is 37.5. The van der Waals surface area contributed by atoms with Crippen LogP contribution in [0.2, 0.25) is 0 Å². The van der Waals surface area contributed by atoms with Gasteiger partial charge in [-0.2, -0.15) is 10.5 Å². The van der Waals surface area contributed by atoms with Crippen molar-refractivity contribution in [2.75, 3.05) is 31.3 Å². The fourth-order valence-corrected chi connectivity index (χ4v) is 8.74. The highest BCUT2D eigenvalue weighted by atomic mass is 32.2.